The average Bonchev–Trinajstić information content (AvgIpc) is 2.28. The molecule has 5 nitrogen and oxygen atoms in total. The normalized spacial score (nSPS) is 18.4. The van der Waals surface area contributed by atoms with Crippen LogP contribution in [-0.4, -0.2) is 42.3 Å². The van der Waals surface area contributed by atoms with Gasteiger partial charge in [0.15, 0.2) is 0 Å². The summed E-state index contributed by atoms with van der Waals surface area (Å²) in [6.45, 7) is 4.07. The van der Waals surface area contributed by atoms with Crippen molar-refractivity contribution in [1.29, 1.82) is 0 Å². The molecule has 1 aliphatic heterocycles. The van der Waals surface area contributed by atoms with Gasteiger partial charge in [-0.2, -0.15) is 0 Å². The van der Waals surface area contributed by atoms with Crippen molar-refractivity contribution in [2.75, 3.05) is 32.4 Å². The van der Waals surface area contributed by atoms with Crippen LogP contribution in [0.25, 0.3) is 0 Å². The van der Waals surface area contributed by atoms with Crippen LogP contribution in [0.4, 0.5) is 0 Å². The SMILES string of the molecule is CS/C(=C\[N+](=O)[O-])NCCN1CCCCC1. The van der Waals surface area contributed by atoms with Gasteiger partial charge in [-0.25, -0.2) is 0 Å². The molecule has 0 radical (unpaired) electrons. The monoisotopic (exact) mass is 245 g/mol. The van der Waals surface area contributed by atoms with Crippen LogP contribution in [0.2, 0.25) is 0 Å². The fourth-order valence-electron chi connectivity index (χ4n) is 1.79. The molecule has 0 bridgehead atoms. The van der Waals surface area contributed by atoms with Crippen LogP contribution in [0.3, 0.4) is 0 Å². The van der Waals surface area contributed by atoms with Crippen molar-refractivity contribution in [3.63, 3.8) is 0 Å². The molecule has 0 aromatic rings. The molecule has 0 atom stereocenters. The molecule has 1 saturated heterocycles. The Bertz CT molecular complexity index is 252. The molecular weight excluding hydrogens is 226 g/mol. The fourth-order valence-corrected chi connectivity index (χ4v) is 2.22. The third kappa shape index (κ3) is 5.37. The molecule has 0 aliphatic carbocycles. The number of likely N-dealkylation sites (tertiary alicyclic amines) is 1. The number of piperidine rings is 1. The molecule has 0 spiro atoms. The van der Waals surface area contributed by atoms with Gasteiger partial charge in [-0.1, -0.05) is 6.42 Å². The summed E-state index contributed by atoms with van der Waals surface area (Å²) in [6, 6.07) is 0. The van der Waals surface area contributed by atoms with Gasteiger partial charge in [-0.15, -0.1) is 11.8 Å². The van der Waals surface area contributed by atoms with Crippen molar-refractivity contribution in [2.24, 2.45) is 0 Å². The second kappa shape index (κ2) is 7.51. The molecule has 0 aromatic heterocycles. The molecule has 1 heterocycles. The summed E-state index contributed by atoms with van der Waals surface area (Å²) >= 11 is 1.37. The van der Waals surface area contributed by atoms with E-state index in [9.17, 15) is 10.1 Å². The molecule has 0 amide bonds. The maximum absolute atomic E-state index is 10.3. The van der Waals surface area contributed by atoms with Gasteiger partial charge < -0.3 is 10.2 Å². The molecule has 1 N–H and O–H groups in total. The van der Waals surface area contributed by atoms with Crippen LogP contribution in [0.5, 0.6) is 0 Å². The zero-order valence-electron chi connectivity index (χ0n) is 9.65. The summed E-state index contributed by atoms with van der Waals surface area (Å²) < 4.78 is 0. The number of nitrogens with one attached hydrogen (secondary N) is 1. The van der Waals surface area contributed by atoms with Gasteiger partial charge in [0.2, 0.25) is 0 Å². The van der Waals surface area contributed by atoms with Crippen molar-refractivity contribution in [3.05, 3.63) is 21.3 Å². The Labute approximate surface area is 100 Å². The van der Waals surface area contributed by atoms with E-state index in [0.717, 1.165) is 32.4 Å². The lowest BCUT2D eigenvalue weighted by Crippen LogP contribution is -2.35. The number of hydrogen-bond donors (Lipinski definition) is 1. The van der Waals surface area contributed by atoms with Gasteiger partial charge in [0.25, 0.3) is 6.20 Å². The Morgan fingerprint density at radius 2 is 2.19 bits per heavy atom. The van der Waals surface area contributed by atoms with Crippen molar-refractivity contribution < 1.29 is 4.92 Å². The molecule has 1 rings (SSSR count). The maximum Gasteiger partial charge on any atom is 0.263 e. The first kappa shape index (κ1) is 13.3. The molecule has 0 unspecified atom stereocenters. The molecule has 0 saturated carbocycles. The van der Waals surface area contributed by atoms with E-state index in [1.807, 2.05) is 6.26 Å². The lowest BCUT2D eigenvalue weighted by molar-refractivity contribution is -0.403. The van der Waals surface area contributed by atoms with Gasteiger partial charge in [-0.05, 0) is 32.2 Å². The van der Waals surface area contributed by atoms with Gasteiger partial charge in [-0.3, -0.25) is 10.1 Å². The van der Waals surface area contributed by atoms with E-state index in [0.29, 0.717) is 5.03 Å². The first-order valence-electron chi connectivity index (χ1n) is 5.58. The topological polar surface area (TPSA) is 58.4 Å². The highest BCUT2D eigenvalue weighted by Crippen LogP contribution is 2.09. The number of hydrogen-bond acceptors (Lipinski definition) is 5. The summed E-state index contributed by atoms with van der Waals surface area (Å²) in [5.41, 5.74) is 0. The van der Waals surface area contributed by atoms with E-state index in [1.54, 1.807) is 0 Å². The molecule has 92 valence electrons. The van der Waals surface area contributed by atoms with E-state index in [2.05, 4.69) is 10.2 Å². The minimum Gasteiger partial charge on any atom is -0.374 e. The lowest BCUT2D eigenvalue weighted by atomic mass is 10.1. The van der Waals surface area contributed by atoms with Crippen molar-refractivity contribution in [1.82, 2.24) is 10.2 Å². The standard InChI is InChI=1S/C10H19N3O2S/c1-16-10(9-13(14)15)11-5-8-12-6-3-2-4-7-12/h9,11H,2-8H2,1H3/b10-9-. The van der Waals surface area contributed by atoms with Crippen molar-refractivity contribution in [2.45, 2.75) is 19.3 Å². The highest BCUT2D eigenvalue weighted by molar-refractivity contribution is 8.02. The molecular formula is C10H19N3O2S. The first-order valence-corrected chi connectivity index (χ1v) is 6.80. The Morgan fingerprint density at radius 3 is 2.75 bits per heavy atom. The van der Waals surface area contributed by atoms with Gasteiger partial charge >= 0.3 is 0 Å². The first-order chi connectivity index (χ1) is 7.72. The Morgan fingerprint density at radius 1 is 1.50 bits per heavy atom. The van der Waals surface area contributed by atoms with Crippen LogP contribution >= 0.6 is 11.8 Å². The number of thioether (sulfide) groups is 1. The summed E-state index contributed by atoms with van der Waals surface area (Å²) in [7, 11) is 0. The smallest absolute Gasteiger partial charge is 0.263 e. The van der Waals surface area contributed by atoms with Crippen molar-refractivity contribution in [3.8, 4) is 0 Å². The quantitative estimate of drug-likeness (QED) is 0.567. The zero-order valence-corrected chi connectivity index (χ0v) is 10.5. The number of nitro groups is 1. The zero-order chi connectivity index (χ0) is 11.8. The molecule has 6 heteroatoms. The Hall–Kier alpha value is -0.750. The van der Waals surface area contributed by atoms with Gasteiger partial charge in [0, 0.05) is 13.1 Å². The third-order valence-electron chi connectivity index (χ3n) is 2.62. The minimum absolute atomic E-state index is 0.417. The Kier molecular flexibility index (Phi) is 6.25. The molecule has 1 fully saturated rings. The van der Waals surface area contributed by atoms with Gasteiger partial charge in [0.1, 0.15) is 5.03 Å². The third-order valence-corrected chi connectivity index (χ3v) is 3.31. The van der Waals surface area contributed by atoms with E-state index < -0.39 is 4.92 Å². The van der Waals surface area contributed by atoms with E-state index in [1.165, 1.54) is 31.0 Å². The van der Waals surface area contributed by atoms with Crippen LogP contribution in [0, 0.1) is 10.1 Å². The van der Waals surface area contributed by atoms with Crippen LogP contribution in [-0.2, 0) is 0 Å². The van der Waals surface area contributed by atoms with E-state index in [4.69, 9.17) is 0 Å². The highest BCUT2D eigenvalue weighted by atomic mass is 32.2. The molecule has 1 aliphatic rings. The number of rotatable bonds is 6. The predicted molar refractivity (Wildman–Crippen MR) is 66.9 cm³/mol. The summed E-state index contributed by atoms with van der Waals surface area (Å²) in [6.07, 6.45) is 6.76. The predicted octanol–water partition coefficient (Wildman–Crippen LogP) is 1.50. The summed E-state index contributed by atoms with van der Waals surface area (Å²) in [5, 5.41) is 14.0. The molecule has 16 heavy (non-hydrogen) atoms. The van der Waals surface area contributed by atoms with Crippen LogP contribution in [0.1, 0.15) is 19.3 Å². The second-order valence-corrected chi connectivity index (χ2v) is 4.66. The van der Waals surface area contributed by atoms with E-state index in [-0.39, 0.29) is 0 Å². The summed E-state index contributed by atoms with van der Waals surface area (Å²) in [5.74, 6) is 0. The van der Waals surface area contributed by atoms with Crippen molar-refractivity contribution >= 4 is 11.8 Å². The van der Waals surface area contributed by atoms with Gasteiger partial charge in [0.05, 0.1) is 4.92 Å². The lowest BCUT2D eigenvalue weighted by Gasteiger charge is -2.26. The molecule has 0 aromatic carbocycles. The number of nitrogens with zero attached hydrogens (tertiary/aromatic N) is 2. The Balaban J connectivity index is 2.19. The average molecular weight is 245 g/mol. The van der Waals surface area contributed by atoms with Crippen LogP contribution in [0.15, 0.2) is 11.2 Å². The second-order valence-electron chi connectivity index (χ2n) is 3.81. The largest absolute Gasteiger partial charge is 0.374 e. The van der Waals surface area contributed by atoms with Crippen LogP contribution < -0.4 is 5.32 Å². The van der Waals surface area contributed by atoms with E-state index >= 15 is 0 Å². The highest BCUT2D eigenvalue weighted by Gasteiger charge is 2.09. The summed E-state index contributed by atoms with van der Waals surface area (Å²) in [4.78, 5) is 12.3. The fraction of sp³-hybridized carbons (Fsp3) is 0.800. The maximum atomic E-state index is 10.3. The minimum atomic E-state index is -0.417.